The van der Waals surface area contributed by atoms with Gasteiger partial charge in [-0.15, -0.1) is 0 Å². The maximum Gasteiger partial charge on any atom is 0.240 e. The zero-order chi connectivity index (χ0) is 17.0. The smallest absolute Gasteiger partial charge is 0.240 e. The van der Waals surface area contributed by atoms with Gasteiger partial charge in [0.05, 0.1) is 4.90 Å². The molecule has 24 heavy (non-hydrogen) atoms. The fourth-order valence-electron chi connectivity index (χ4n) is 3.02. The average molecular weight is 365 g/mol. The summed E-state index contributed by atoms with van der Waals surface area (Å²) in [7, 11) is -3.39. The predicted molar refractivity (Wildman–Crippen MR) is 98.7 cm³/mol. The van der Waals surface area contributed by atoms with Gasteiger partial charge in [0.15, 0.2) is 0 Å². The van der Waals surface area contributed by atoms with Crippen LogP contribution < -0.4 is 4.72 Å². The molecule has 2 heterocycles. The minimum atomic E-state index is -3.39. The standard InChI is InChI=1S/C18H24N2O2S2/c1-15-2-4-18(5-3-15)24(21,22)19-12-16-6-9-20(10-7-16)13-17-8-11-23-14-17/h2-5,8,11,14,16,19H,6-7,9-10,12-13H2,1H3. The maximum absolute atomic E-state index is 12.3. The third kappa shape index (κ3) is 4.66. The number of likely N-dealkylation sites (tertiary alicyclic amines) is 1. The van der Waals surface area contributed by atoms with Crippen LogP contribution >= 0.6 is 11.3 Å². The molecule has 2 aromatic rings. The molecule has 0 radical (unpaired) electrons. The number of nitrogens with zero attached hydrogens (tertiary/aromatic N) is 1. The Hall–Kier alpha value is -1.21. The van der Waals surface area contributed by atoms with Crippen molar-refractivity contribution in [3.63, 3.8) is 0 Å². The van der Waals surface area contributed by atoms with Gasteiger partial charge < -0.3 is 0 Å². The number of benzene rings is 1. The van der Waals surface area contributed by atoms with Gasteiger partial charge in [-0.3, -0.25) is 4.90 Å². The van der Waals surface area contributed by atoms with Crippen LogP contribution in [0.4, 0.5) is 0 Å². The Morgan fingerprint density at radius 1 is 1.17 bits per heavy atom. The van der Waals surface area contributed by atoms with E-state index in [4.69, 9.17) is 0 Å². The van der Waals surface area contributed by atoms with Gasteiger partial charge in [-0.2, -0.15) is 11.3 Å². The summed E-state index contributed by atoms with van der Waals surface area (Å²) in [4.78, 5) is 2.80. The van der Waals surface area contributed by atoms with Crippen molar-refractivity contribution < 1.29 is 8.42 Å². The minimum Gasteiger partial charge on any atom is -0.299 e. The van der Waals surface area contributed by atoms with Crippen molar-refractivity contribution in [1.82, 2.24) is 9.62 Å². The van der Waals surface area contributed by atoms with Crippen molar-refractivity contribution in [2.24, 2.45) is 5.92 Å². The van der Waals surface area contributed by atoms with Crippen molar-refractivity contribution in [2.45, 2.75) is 31.2 Å². The molecule has 4 nitrogen and oxygen atoms in total. The Bertz CT molecular complexity index is 732. The topological polar surface area (TPSA) is 49.4 Å². The number of hydrogen-bond donors (Lipinski definition) is 1. The Labute approximate surface area is 148 Å². The molecule has 1 aromatic carbocycles. The van der Waals surface area contributed by atoms with Crippen LogP contribution in [-0.4, -0.2) is 33.0 Å². The second-order valence-corrected chi connectivity index (χ2v) is 9.06. The summed E-state index contributed by atoms with van der Waals surface area (Å²) in [5.74, 6) is 0.420. The Balaban J connectivity index is 1.47. The molecule has 3 rings (SSSR count). The van der Waals surface area contributed by atoms with Gasteiger partial charge in [-0.25, -0.2) is 13.1 Å². The third-order valence-corrected chi connectivity index (χ3v) is 6.76. The molecule has 1 aliphatic rings. The summed E-state index contributed by atoms with van der Waals surface area (Å²) in [5.41, 5.74) is 2.44. The zero-order valence-electron chi connectivity index (χ0n) is 13.9. The van der Waals surface area contributed by atoms with E-state index in [2.05, 4.69) is 26.4 Å². The normalized spacial score (nSPS) is 17.2. The van der Waals surface area contributed by atoms with Crippen LogP contribution in [0, 0.1) is 12.8 Å². The lowest BCUT2D eigenvalue weighted by Gasteiger charge is -2.31. The summed E-state index contributed by atoms with van der Waals surface area (Å²) in [6.07, 6.45) is 2.08. The number of hydrogen-bond acceptors (Lipinski definition) is 4. The first kappa shape index (κ1) is 17.6. The van der Waals surface area contributed by atoms with Gasteiger partial charge in [0.25, 0.3) is 0 Å². The van der Waals surface area contributed by atoms with E-state index in [0.29, 0.717) is 17.4 Å². The number of piperidine rings is 1. The van der Waals surface area contributed by atoms with E-state index in [1.54, 1.807) is 23.5 Å². The quantitative estimate of drug-likeness (QED) is 0.856. The number of aryl methyl sites for hydroxylation is 1. The van der Waals surface area contributed by atoms with E-state index < -0.39 is 10.0 Å². The second-order valence-electron chi connectivity index (χ2n) is 6.52. The van der Waals surface area contributed by atoms with Crippen molar-refractivity contribution in [1.29, 1.82) is 0 Å². The molecule has 1 saturated heterocycles. The molecule has 0 saturated carbocycles. The van der Waals surface area contributed by atoms with E-state index in [9.17, 15) is 8.42 Å². The van der Waals surface area contributed by atoms with E-state index in [1.165, 1.54) is 5.56 Å². The molecule has 1 aromatic heterocycles. The molecule has 0 atom stereocenters. The van der Waals surface area contributed by atoms with Crippen molar-refractivity contribution in [2.75, 3.05) is 19.6 Å². The molecule has 0 unspecified atom stereocenters. The third-order valence-electron chi connectivity index (χ3n) is 4.59. The lowest BCUT2D eigenvalue weighted by Crippen LogP contribution is -2.38. The van der Waals surface area contributed by atoms with E-state index in [0.717, 1.165) is 38.0 Å². The van der Waals surface area contributed by atoms with Gasteiger partial charge >= 0.3 is 0 Å². The van der Waals surface area contributed by atoms with Gasteiger partial charge in [-0.05, 0) is 73.3 Å². The minimum absolute atomic E-state index is 0.350. The Kier molecular flexibility index (Phi) is 5.71. The van der Waals surface area contributed by atoms with Gasteiger partial charge in [0, 0.05) is 13.1 Å². The van der Waals surface area contributed by atoms with Gasteiger partial charge in [-0.1, -0.05) is 17.7 Å². The highest BCUT2D eigenvalue weighted by molar-refractivity contribution is 7.89. The van der Waals surface area contributed by atoms with Gasteiger partial charge in [0.1, 0.15) is 0 Å². The summed E-state index contributed by atoms with van der Waals surface area (Å²) >= 11 is 1.73. The molecule has 130 valence electrons. The highest BCUT2D eigenvalue weighted by Gasteiger charge is 2.22. The first-order valence-corrected chi connectivity index (χ1v) is 10.8. The second kappa shape index (κ2) is 7.78. The summed E-state index contributed by atoms with van der Waals surface area (Å²) in [6.45, 7) is 5.56. The van der Waals surface area contributed by atoms with E-state index in [1.807, 2.05) is 19.1 Å². The zero-order valence-corrected chi connectivity index (χ0v) is 15.6. The molecule has 1 N–H and O–H groups in total. The largest absolute Gasteiger partial charge is 0.299 e. The van der Waals surface area contributed by atoms with Crippen LogP contribution in [0.2, 0.25) is 0 Å². The SMILES string of the molecule is Cc1ccc(S(=O)(=O)NCC2CCN(Cc3ccsc3)CC2)cc1. The Morgan fingerprint density at radius 2 is 1.88 bits per heavy atom. The van der Waals surface area contributed by atoms with Crippen molar-refractivity contribution in [3.8, 4) is 0 Å². The molecule has 0 spiro atoms. The summed E-state index contributed by atoms with van der Waals surface area (Å²) < 4.78 is 27.5. The van der Waals surface area contributed by atoms with Crippen molar-refractivity contribution >= 4 is 21.4 Å². The fraction of sp³-hybridized carbons (Fsp3) is 0.444. The number of nitrogens with one attached hydrogen (secondary N) is 1. The molecular formula is C18H24N2O2S2. The van der Waals surface area contributed by atoms with Crippen LogP contribution in [0.3, 0.4) is 0 Å². The van der Waals surface area contributed by atoms with Crippen molar-refractivity contribution in [3.05, 3.63) is 52.2 Å². The number of rotatable bonds is 6. The lowest BCUT2D eigenvalue weighted by atomic mass is 9.97. The number of thiophene rings is 1. The maximum atomic E-state index is 12.3. The molecule has 1 fully saturated rings. The molecule has 6 heteroatoms. The van der Waals surface area contributed by atoms with Crippen LogP contribution in [0.5, 0.6) is 0 Å². The van der Waals surface area contributed by atoms with Crippen LogP contribution in [-0.2, 0) is 16.6 Å². The summed E-state index contributed by atoms with van der Waals surface area (Å²) in [6, 6.07) is 9.17. The molecule has 1 aliphatic heterocycles. The van der Waals surface area contributed by atoms with E-state index >= 15 is 0 Å². The first-order valence-electron chi connectivity index (χ1n) is 8.33. The molecule has 0 bridgehead atoms. The highest BCUT2D eigenvalue weighted by Crippen LogP contribution is 2.20. The average Bonchev–Trinajstić information content (AvgIpc) is 3.08. The van der Waals surface area contributed by atoms with E-state index in [-0.39, 0.29) is 0 Å². The first-order chi connectivity index (χ1) is 11.5. The fourth-order valence-corrected chi connectivity index (χ4v) is 4.79. The van der Waals surface area contributed by atoms with Crippen LogP contribution in [0.1, 0.15) is 24.0 Å². The molecule has 0 amide bonds. The van der Waals surface area contributed by atoms with Crippen LogP contribution in [0.15, 0.2) is 46.0 Å². The molecule has 0 aliphatic carbocycles. The highest BCUT2D eigenvalue weighted by atomic mass is 32.2. The predicted octanol–water partition coefficient (Wildman–Crippen LogP) is 3.25. The molecular weight excluding hydrogens is 340 g/mol. The lowest BCUT2D eigenvalue weighted by molar-refractivity contribution is 0.179. The number of sulfonamides is 1. The summed E-state index contributed by atoms with van der Waals surface area (Å²) in [5, 5.41) is 4.31. The van der Waals surface area contributed by atoms with Crippen LogP contribution in [0.25, 0.3) is 0 Å². The monoisotopic (exact) mass is 364 g/mol. The van der Waals surface area contributed by atoms with Gasteiger partial charge in [0.2, 0.25) is 10.0 Å². The Morgan fingerprint density at radius 3 is 2.50 bits per heavy atom.